The normalized spacial score (nSPS) is 19.4. The van der Waals surface area contributed by atoms with Gasteiger partial charge in [0.05, 0.1) is 6.04 Å². The molecule has 3 aromatic rings. The number of benzene rings is 1. The molecule has 0 spiro atoms. The fourth-order valence-electron chi connectivity index (χ4n) is 3.50. The molecule has 1 N–H and O–H groups in total. The summed E-state index contributed by atoms with van der Waals surface area (Å²) >= 11 is 12.1. The van der Waals surface area contributed by atoms with Crippen molar-refractivity contribution in [2.24, 2.45) is 5.92 Å². The average Bonchev–Trinajstić information content (AvgIpc) is 3.32. The van der Waals surface area contributed by atoms with E-state index in [4.69, 9.17) is 32.5 Å². The highest BCUT2D eigenvalue weighted by Gasteiger charge is 2.44. The minimum absolute atomic E-state index is 0.0263. The molecule has 1 saturated heterocycles. The number of halogens is 2. The van der Waals surface area contributed by atoms with E-state index in [1.807, 2.05) is 19.1 Å². The monoisotopic (exact) mass is 460 g/mol. The molecule has 2 atom stereocenters. The molecule has 1 unspecified atom stereocenters. The SMILES string of the molecule is C[C@H](Nc1nc(Cl)cc(N2C(=O)OCC2C2CC2)n1)c1nc(-c2ccc(Cl)cc2)no1. The van der Waals surface area contributed by atoms with Crippen molar-refractivity contribution in [3.8, 4) is 11.4 Å². The highest BCUT2D eigenvalue weighted by Crippen LogP contribution is 2.40. The van der Waals surface area contributed by atoms with Crippen molar-refractivity contribution in [3.05, 3.63) is 46.4 Å². The third-order valence-electron chi connectivity index (χ3n) is 5.26. The van der Waals surface area contributed by atoms with Crippen LogP contribution in [0.4, 0.5) is 16.6 Å². The van der Waals surface area contributed by atoms with Gasteiger partial charge in [0.1, 0.15) is 23.6 Å². The summed E-state index contributed by atoms with van der Waals surface area (Å²) in [7, 11) is 0. The van der Waals surface area contributed by atoms with Crippen molar-refractivity contribution < 1.29 is 14.1 Å². The zero-order chi connectivity index (χ0) is 21.5. The van der Waals surface area contributed by atoms with Gasteiger partial charge in [-0.25, -0.2) is 9.78 Å². The van der Waals surface area contributed by atoms with E-state index < -0.39 is 12.1 Å². The smallest absolute Gasteiger partial charge is 0.415 e. The van der Waals surface area contributed by atoms with Gasteiger partial charge in [0, 0.05) is 16.7 Å². The second-order valence-corrected chi connectivity index (χ2v) is 8.38. The molecule has 0 bridgehead atoms. The van der Waals surface area contributed by atoms with Crippen molar-refractivity contribution in [2.75, 3.05) is 16.8 Å². The summed E-state index contributed by atoms with van der Waals surface area (Å²) in [6, 6.07) is 8.28. The fourth-order valence-corrected chi connectivity index (χ4v) is 3.81. The van der Waals surface area contributed by atoms with E-state index in [9.17, 15) is 4.79 Å². The first-order valence-corrected chi connectivity index (χ1v) is 10.6. The summed E-state index contributed by atoms with van der Waals surface area (Å²) in [5, 5.41) is 7.96. The van der Waals surface area contributed by atoms with Gasteiger partial charge in [-0.05, 0) is 49.9 Å². The Morgan fingerprint density at radius 1 is 1.16 bits per heavy atom. The summed E-state index contributed by atoms with van der Waals surface area (Å²) in [6.45, 7) is 2.19. The van der Waals surface area contributed by atoms with E-state index in [0.717, 1.165) is 18.4 Å². The minimum atomic E-state index is -0.421. The van der Waals surface area contributed by atoms with Gasteiger partial charge in [0.25, 0.3) is 0 Å². The van der Waals surface area contributed by atoms with Crippen LogP contribution in [0.25, 0.3) is 11.4 Å². The van der Waals surface area contributed by atoms with Crippen molar-refractivity contribution >= 4 is 41.1 Å². The molecular weight excluding hydrogens is 443 g/mol. The fraction of sp³-hybridized carbons (Fsp3) is 0.350. The molecule has 11 heteroatoms. The van der Waals surface area contributed by atoms with Crippen LogP contribution in [0.1, 0.15) is 31.7 Å². The molecule has 1 amide bonds. The Hall–Kier alpha value is -2.91. The molecule has 31 heavy (non-hydrogen) atoms. The van der Waals surface area contributed by atoms with E-state index >= 15 is 0 Å². The molecule has 3 heterocycles. The highest BCUT2D eigenvalue weighted by molar-refractivity contribution is 6.30. The molecule has 1 saturated carbocycles. The summed E-state index contributed by atoms with van der Waals surface area (Å²) in [5.74, 6) is 1.88. The quantitative estimate of drug-likeness (QED) is 0.525. The number of ether oxygens (including phenoxy) is 1. The summed E-state index contributed by atoms with van der Waals surface area (Å²) in [4.78, 5) is 27.0. The predicted octanol–water partition coefficient (Wildman–Crippen LogP) is 4.74. The van der Waals surface area contributed by atoms with Crippen LogP contribution < -0.4 is 10.2 Å². The summed E-state index contributed by atoms with van der Waals surface area (Å²) in [6.07, 6.45) is 1.73. The maximum Gasteiger partial charge on any atom is 0.415 e. The maximum atomic E-state index is 12.3. The first-order chi connectivity index (χ1) is 15.0. The molecule has 0 radical (unpaired) electrons. The number of nitrogens with one attached hydrogen (secondary N) is 1. The molecule has 2 fully saturated rings. The average molecular weight is 461 g/mol. The van der Waals surface area contributed by atoms with Crippen LogP contribution in [0.2, 0.25) is 10.2 Å². The van der Waals surface area contributed by atoms with Crippen LogP contribution in [0.15, 0.2) is 34.9 Å². The highest BCUT2D eigenvalue weighted by atomic mass is 35.5. The van der Waals surface area contributed by atoms with Gasteiger partial charge in [0.2, 0.25) is 17.7 Å². The second-order valence-electron chi connectivity index (χ2n) is 7.55. The first-order valence-electron chi connectivity index (χ1n) is 9.84. The Kier molecular flexibility index (Phi) is 5.15. The summed E-state index contributed by atoms with van der Waals surface area (Å²) < 4.78 is 10.6. The van der Waals surface area contributed by atoms with Gasteiger partial charge >= 0.3 is 6.09 Å². The van der Waals surface area contributed by atoms with E-state index in [2.05, 4.69) is 25.4 Å². The largest absolute Gasteiger partial charge is 0.447 e. The third-order valence-corrected chi connectivity index (χ3v) is 5.71. The third kappa shape index (κ3) is 4.15. The lowest BCUT2D eigenvalue weighted by molar-refractivity contribution is 0.178. The number of amides is 1. The van der Waals surface area contributed by atoms with Crippen LogP contribution in [0.3, 0.4) is 0 Å². The van der Waals surface area contributed by atoms with Crippen molar-refractivity contribution in [3.63, 3.8) is 0 Å². The molecule has 2 aliphatic rings. The number of hydrogen-bond acceptors (Lipinski definition) is 8. The molecule has 1 aliphatic heterocycles. The number of anilines is 2. The molecule has 2 aromatic heterocycles. The molecular formula is C20H18Cl2N6O3. The van der Waals surface area contributed by atoms with Gasteiger partial charge in [0.15, 0.2) is 0 Å². The van der Waals surface area contributed by atoms with E-state index in [-0.39, 0.29) is 17.1 Å². The Balaban J connectivity index is 1.35. The van der Waals surface area contributed by atoms with Crippen molar-refractivity contribution in [1.82, 2.24) is 20.1 Å². The number of cyclic esters (lactones) is 1. The van der Waals surface area contributed by atoms with Gasteiger partial charge in [-0.15, -0.1) is 0 Å². The van der Waals surface area contributed by atoms with E-state index in [0.29, 0.717) is 35.1 Å². The Labute approximate surface area is 187 Å². The molecule has 160 valence electrons. The number of rotatable bonds is 6. The zero-order valence-electron chi connectivity index (χ0n) is 16.5. The van der Waals surface area contributed by atoms with Crippen LogP contribution in [0, 0.1) is 5.92 Å². The van der Waals surface area contributed by atoms with Gasteiger partial charge in [-0.1, -0.05) is 28.4 Å². The van der Waals surface area contributed by atoms with Gasteiger partial charge in [-0.3, -0.25) is 4.90 Å². The lowest BCUT2D eigenvalue weighted by Crippen LogP contribution is -2.35. The van der Waals surface area contributed by atoms with Gasteiger partial charge < -0.3 is 14.6 Å². The van der Waals surface area contributed by atoms with Crippen molar-refractivity contribution in [1.29, 1.82) is 0 Å². The predicted molar refractivity (Wildman–Crippen MR) is 114 cm³/mol. The minimum Gasteiger partial charge on any atom is -0.447 e. The Morgan fingerprint density at radius 3 is 2.68 bits per heavy atom. The Morgan fingerprint density at radius 2 is 1.94 bits per heavy atom. The number of nitrogens with zero attached hydrogens (tertiary/aromatic N) is 5. The lowest BCUT2D eigenvalue weighted by Gasteiger charge is -2.21. The van der Waals surface area contributed by atoms with Crippen LogP contribution >= 0.6 is 23.2 Å². The number of carbonyl (C=O) groups is 1. The van der Waals surface area contributed by atoms with Crippen LogP contribution in [-0.2, 0) is 4.74 Å². The number of aromatic nitrogens is 4. The molecule has 1 aromatic carbocycles. The van der Waals surface area contributed by atoms with Crippen LogP contribution in [-0.4, -0.2) is 38.9 Å². The molecule has 1 aliphatic carbocycles. The van der Waals surface area contributed by atoms with Crippen molar-refractivity contribution in [2.45, 2.75) is 31.8 Å². The first kappa shape index (κ1) is 20.0. The Bertz CT molecular complexity index is 1120. The van der Waals surface area contributed by atoms with Crippen LogP contribution in [0.5, 0.6) is 0 Å². The van der Waals surface area contributed by atoms with Gasteiger partial charge in [-0.2, -0.15) is 9.97 Å². The molecule has 5 rings (SSSR count). The topological polar surface area (TPSA) is 106 Å². The van der Waals surface area contributed by atoms with E-state index in [1.165, 1.54) is 0 Å². The summed E-state index contributed by atoms with van der Waals surface area (Å²) in [5.41, 5.74) is 0.784. The maximum absolute atomic E-state index is 12.3. The second kappa shape index (κ2) is 7.97. The number of carbonyl (C=O) groups excluding carboxylic acids is 1. The standard InChI is InChI=1S/C20H18Cl2N6O3/c1-10(18-26-17(27-31-18)12-4-6-13(21)7-5-12)23-19-24-15(22)8-16(25-19)28-14(11-2-3-11)9-30-20(28)29/h4-8,10-11,14H,2-3,9H2,1H3,(H,23,24,25)/t10-,14?/m0/s1. The van der Waals surface area contributed by atoms with E-state index in [1.54, 1.807) is 23.1 Å². The zero-order valence-corrected chi connectivity index (χ0v) is 18.0. The molecule has 9 nitrogen and oxygen atoms in total. The lowest BCUT2D eigenvalue weighted by atomic mass is 10.2. The number of hydrogen-bond donors (Lipinski definition) is 1.